The first-order chi connectivity index (χ1) is 15.6. The minimum atomic E-state index is 0.356. The van der Waals surface area contributed by atoms with Gasteiger partial charge in [0.1, 0.15) is 23.3 Å². The molecule has 3 aromatic heterocycles. The normalized spacial score (nSPS) is 13.9. The van der Waals surface area contributed by atoms with Gasteiger partial charge in [-0.15, -0.1) is 0 Å². The van der Waals surface area contributed by atoms with Gasteiger partial charge in [-0.3, -0.25) is 4.68 Å². The number of aromatic nitrogens is 5. The number of aromatic amines is 1. The Morgan fingerprint density at radius 3 is 2.78 bits per heavy atom. The summed E-state index contributed by atoms with van der Waals surface area (Å²) in [6.45, 7) is 0. The summed E-state index contributed by atoms with van der Waals surface area (Å²) >= 11 is 0. The van der Waals surface area contributed by atoms with E-state index in [1.807, 2.05) is 37.5 Å². The molecule has 0 saturated heterocycles. The first-order valence-electron chi connectivity index (χ1n) is 10.7. The Bertz CT molecular complexity index is 1310. The smallest absolute Gasteiger partial charge is 0.231 e. The molecule has 9 heteroatoms. The van der Waals surface area contributed by atoms with Crippen LogP contribution in [0.4, 0.5) is 17.5 Å². The second-order valence-electron chi connectivity index (χ2n) is 7.97. The van der Waals surface area contributed by atoms with Crippen LogP contribution in [0.15, 0.2) is 36.7 Å². The zero-order chi connectivity index (χ0) is 22.1. The highest BCUT2D eigenvalue weighted by molar-refractivity contribution is 5.93. The molecule has 1 fully saturated rings. The number of H-pyrrole nitrogens is 1. The first-order valence-corrected chi connectivity index (χ1v) is 10.7. The van der Waals surface area contributed by atoms with Crippen molar-refractivity contribution in [2.24, 2.45) is 7.05 Å². The topological polar surface area (TPSA) is 116 Å². The lowest BCUT2D eigenvalue weighted by Gasteiger charge is -2.16. The molecule has 0 atom stereocenters. The highest BCUT2D eigenvalue weighted by atomic mass is 16.5. The number of aryl methyl sites for hydroxylation is 1. The van der Waals surface area contributed by atoms with E-state index in [4.69, 9.17) is 9.72 Å². The summed E-state index contributed by atoms with van der Waals surface area (Å²) in [6.07, 6.45) is 8.18. The van der Waals surface area contributed by atoms with Gasteiger partial charge in [0.25, 0.3) is 0 Å². The summed E-state index contributed by atoms with van der Waals surface area (Å²) in [7, 11) is 3.52. The maximum atomic E-state index is 9.51. The highest BCUT2D eigenvalue weighted by Gasteiger charge is 2.20. The number of hydrogen-bond donors (Lipinski definition) is 3. The van der Waals surface area contributed by atoms with E-state index in [0.717, 1.165) is 35.2 Å². The second-order valence-corrected chi connectivity index (χ2v) is 7.97. The minimum absolute atomic E-state index is 0.356. The zero-order valence-corrected chi connectivity index (χ0v) is 18.0. The average Bonchev–Trinajstić information content (AvgIpc) is 3.55. The molecule has 162 valence electrons. The number of hydrogen-bond acceptors (Lipinski definition) is 7. The van der Waals surface area contributed by atoms with Gasteiger partial charge in [-0.1, -0.05) is 18.9 Å². The van der Waals surface area contributed by atoms with Crippen molar-refractivity contribution >= 4 is 28.5 Å². The van der Waals surface area contributed by atoms with Gasteiger partial charge in [0.05, 0.1) is 29.4 Å². The van der Waals surface area contributed by atoms with E-state index in [2.05, 4.69) is 31.8 Å². The molecule has 5 rings (SSSR count). The van der Waals surface area contributed by atoms with Crippen LogP contribution < -0.4 is 15.4 Å². The van der Waals surface area contributed by atoms with Crippen LogP contribution in [-0.4, -0.2) is 37.9 Å². The maximum Gasteiger partial charge on any atom is 0.231 e. The van der Waals surface area contributed by atoms with E-state index in [1.54, 1.807) is 18.0 Å². The minimum Gasteiger partial charge on any atom is -0.495 e. The molecule has 3 N–H and O–H groups in total. The Morgan fingerprint density at radius 2 is 2.06 bits per heavy atom. The zero-order valence-electron chi connectivity index (χ0n) is 18.0. The molecule has 1 aliphatic carbocycles. The molecule has 1 saturated carbocycles. The monoisotopic (exact) mass is 428 g/mol. The van der Waals surface area contributed by atoms with Gasteiger partial charge in [-0.05, 0) is 31.0 Å². The molecule has 1 aromatic carbocycles. The van der Waals surface area contributed by atoms with Gasteiger partial charge in [0, 0.05) is 31.0 Å². The highest BCUT2D eigenvalue weighted by Crippen LogP contribution is 2.33. The number of nitrogens with zero attached hydrogens (tertiary/aromatic N) is 5. The summed E-state index contributed by atoms with van der Waals surface area (Å²) in [5, 5.41) is 21.5. The molecule has 0 unspecified atom stereocenters. The van der Waals surface area contributed by atoms with Crippen LogP contribution in [0.25, 0.3) is 22.3 Å². The van der Waals surface area contributed by atoms with Crippen LogP contribution in [0.5, 0.6) is 5.75 Å². The molecule has 9 nitrogen and oxygen atoms in total. The lowest BCUT2D eigenvalue weighted by atomic mass is 10.1. The lowest BCUT2D eigenvalue weighted by Crippen LogP contribution is -2.16. The second kappa shape index (κ2) is 8.23. The van der Waals surface area contributed by atoms with Crippen LogP contribution in [0.1, 0.15) is 31.2 Å². The van der Waals surface area contributed by atoms with Gasteiger partial charge < -0.3 is 20.4 Å². The Hall–Kier alpha value is -4.06. The summed E-state index contributed by atoms with van der Waals surface area (Å²) in [4.78, 5) is 12.4. The van der Waals surface area contributed by atoms with Crippen LogP contribution in [0, 0.1) is 11.3 Å². The number of fused-ring (bicyclic) bond motifs is 1. The fourth-order valence-corrected chi connectivity index (χ4v) is 4.19. The van der Waals surface area contributed by atoms with Crippen molar-refractivity contribution in [3.05, 3.63) is 42.2 Å². The van der Waals surface area contributed by atoms with Gasteiger partial charge >= 0.3 is 0 Å². The third-order valence-corrected chi connectivity index (χ3v) is 5.81. The number of rotatable bonds is 6. The summed E-state index contributed by atoms with van der Waals surface area (Å²) in [6, 6.07) is 10.4. The quantitative estimate of drug-likeness (QED) is 0.418. The first kappa shape index (κ1) is 19.9. The van der Waals surface area contributed by atoms with Gasteiger partial charge in [-0.2, -0.15) is 20.3 Å². The third-order valence-electron chi connectivity index (χ3n) is 5.81. The maximum absolute atomic E-state index is 9.51. The van der Waals surface area contributed by atoms with Crippen molar-refractivity contribution in [3.8, 4) is 23.1 Å². The number of nitriles is 1. The Balaban J connectivity index is 1.50. The standard InChI is InChI=1S/C23H24N8O/c1-31-10-9-17(30-31)14-7-8-18(19(11-14)32-2)27-23-28-21-20(15(12-24)13-25-21)22(29-23)26-16-5-3-4-6-16/h7-11,13,16H,3-6H2,1-2H3,(H3,25,26,27,28,29). The van der Waals surface area contributed by atoms with E-state index >= 15 is 0 Å². The molecule has 0 bridgehead atoms. The Kier molecular flexibility index (Phi) is 5.11. The summed E-state index contributed by atoms with van der Waals surface area (Å²) in [5.74, 6) is 1.76. The van der Waals surface area contributed by atoms with E-state index in [0.29, 0.717) is 34.8 Å². The van der Waals surface area contributed by atoms with Crippen molar-refractivity contribution in [2.75, 3.05) is 17.7 Å². The Labute approximate surface area is 185 Å². The number of ether oxygens (including phenoxy) is 1. The molecule has 0 radical (unpaired) electrons. The molecular weight excluding hydrogens is 404 g/mol. The molecule has 0 spiro atoms. The van der Waals surface area contributed by atoms with E-state index in [1.165, 1.54) is 12.8 Å². The predicted octanol–water partition coefficient (Wildman–Crippen LogP) is 4.34. The fourth-order valence-electron chi connectivity index (χ4n) is 4.19. The van der Waals surface area contributed by atoms with Crippen molar-refractivity contribution in [2.45, 2.75) is 31.7 Å². The molecule has 1 aliphatic rings. The van der Waals surface area contributed by atoms with Crippen LogP contribution in [-0.2, 0) is 7.05 Å². The van der Waals surface area contributed by atoms with Gasteiger partial charge in [0.15, 0.2) is 0 Å². The summed E-state index contributed by atoms with van der Waals surface area (Å²) < 4.78 is 7.38. The van der Waals surface area contributed by atoms with Crippen molar-refractivity contribution in [1.82, 2.24) is 24.7 Å². The van der Waals surface area contributed by atoms with Crippen LogP contribution in [0.3, 0.4) is 0 Å². The molecule has 3 heterocycles. The van der Waals surface area contributed by atoms with Crippen molar-refractivity contribution in [3.63, 3.8) is 0 Å². The number of nitrogens with one attached hydrogen (secondary N) is 3. The largest absolute Gasteiger partial charge is 0.495 e. The summed E-state index contributed by atoms with van der Waals surface area (Å²) in [5.41, 5.74) is 3.71. The SMILES string of the molecule is COc1cc(-c2ccn(C)n2)ccc1Nc1nc(NC2CCCC2)c2c(C#N)c[nH]c2n1. The third kappa shape index (κ3) is 3.71. The number of methoxy groups -OCH3 is 1. The van der Waals surface area contributed by atoms with Gasteiger partial charge in [-0.25, -0.2) is 0 Å². The molecule has 0 amide bonds. The number of anilines is 3. The van der Waals surface area contributed by atoms with Crippen LogP contribution >= 0.6 is 0 Å². The molecule has 4 aromatic rings. The van der Waals surface area contributed by atoms with E-state index < -0.39 is 0 Å². The number of benzene rings is 1. The predicted molar refractivity (Wildman–Crippen MR) is 123 cm³/mol. The molecule has 32 heavy (non-hydrogen) atoms. The van der Waals surface area contributed by atoms with E-state index in [9.17, 15) is 5.26 Å². The van der Waals surface area contributed by atoms with E-state index in [-0.39, 0.29) is 0 Å². The molecule has 0 aliphatic heterocycles. The molecular formula is C23H24N8O. The van der Waals surface area contributed by atoms with Crippen molar-refractivity contribution < 1.29 is 4.74 Å². The Morgan fingerprint density at radius 1 is 1.22 bits per heavy atom. The van der Waals surface area contributed by atoms with Gasteiger partial charge in [0.2, 0.25) is 5.95 Å². The fraction of sp³-hybridized carbons (Fsp3) is 0.304. The van der Waals surface area contributed by atoms with Crippen LogP contribution in [0.2, 0.25) is 0 Å². The lowest BCUT2D eigenvalue weighted by molar-refractivity contribution is 0.417. The van der Waals surface area contributed by atoms with Crippen molar-refractivity contribution in [1.29, 1.82) is 5.26 Å². The average molecular weight is 429 g/mol.